The Morgan fingerprint density at radius 3 is 2.45 bits per heavy atom. The average molecular weight is 462 g/mol. The lowest BCUT2D eigenvalue weighted by Crippen LogP contribution is -2.54. The first-order valence-electron chi connectivity index (χ1n) is 8.61. The van der Waals surface area contributed by atoms with E-state index in [2.05, 4.69) is 11.9 Å². The Labute approximate surface area is 185 Å². The third kappa shape index (κ3) is 4.57. The number of nitro benzene ring substituents is 1. The van der Waals surface area contributed by atoms with Gasteiger partial charge < -0.3 is 4.74 Å². The van der Waals surface area contributed by atoms with E-state index < -0.39 is 22.8 Å². The molecule has 0 saturated carbocycles. The Kier molecular flexibility index (Phi) is 6.38. The molecular formula is C20H13Cl2N3O6. The van der Waals surface area contributed by atoms with Gasteiger partial charge in [-0.2, -0.15) is 0 Å². The van der Waals surface area contributed by atoms with E-state index >= 15 is 0 Å². The van der Waals surface area contributed by atoms with Crippen LogP contribution in [0, 0.1) is 10.1 Å². The second-order valence-corrected chi connectivity index (χ2v) is 6.98. The Hall–Kier alpha value is -3.69. The number of urea groups is 1. The number of nitrogens with one attached hydrogen (secondary N) is 1. The van der Waals surface area contributed by atoms with Crippen molar-refractivity contribution in [2.24, 2.45) is 0 Å². The minimum atomic E-state index is -0.992. The SMILES string of the molecule is C=CCOc1c(Cl)cc(Cl)cc1/C=C1\C(=O)NC(=O)N(c2ccc([N+](=O)[O-])cc2)C1=O. The van der Waals surface area contributed by atoms with E-state index in [0.29, 0.717) is 4.90 Å². The minimum Gasteiger partial charge on any atom is -0.487 e. The number of nitro groups is 1. The number of benzene rings is 2. The number of hydrogen-bond acceptors (Lipinski definition) is 6. The molecule has 0 bridgehead atoms. The fourth-order valence-corrected chi connectivity index (χ4v) is 3.32. The maximum Gasteiger partial charge on any atom is 0.335 e. The van der Waals surface area contributed by atoms with Gasteiger partial charge in [0, 0.05) is 22.7 Å². The molecule has 1 N–H and O–H groups in total. The molecule has 31 heavy (non-hydrogen) atoms. The Morgan fingerprint density at radius 2 is 1.84 bits per heavy atom. The molecule has 1 fully saturated rings. The molecule has 1 aliphatic heterocycles. The molecule has 0 unspecified atom stereocenters. The van der Waals surface area contributed by atoms with Crippen LogP contribution in [0.4, 0.5) is 16.2 Å². The Balaban J connectivity index is 2.05. The molecule has 4 amide bonds. The molecule has 158 valence electrons. The Morgan fingerprint density at radius 1 is 1.16 bits per heavy atom. The van der Waals surface area contributed by atoms with E-state index in [9.17, 15) is 24.5 Å². The van der Waals surface area contributed by atoms with Crippen LogP contribution in [0.25, 0.3) is 6.08 Å². The third-order valence-corrected chi connectivity index (χ3v) is 4.60. The van der Waals surface area contributed by atoms with Crippen molar-refractivity contribution in [1.82, 2.24) is 5.32 Å². The first kappa shape index (κ1) is 22.0. The largest absolute Gasteiger partial charge is 0.487 e. The van der Waals surface area contributed by atoms with Gasteiger partial charge in [-0.25, -0.2) is 9.69 Å². The van der Waals surface area contributed by atoms with E-state index in [-0.39, 0.29) is 44.9 Å². The van der Waals surface area contributed by atoms with Crippen molar-refractivity contribution in [2.45, 2.75) is 0 Å². The van der Waals surface area contributed by atoms with Gasteiger partial charge >= 0.3 is 6.03 Å². The molecule has 0 radical (unpaired) electrons. The number of carbonyl (C=O) groups excluding carboxylic acids is 3. The van der Waals surface area contributed by atoms with Gasteiger partial charge in [0.05, 0.1) is 15.6 Å². The number of ether oxygens (including phenoxy) is 1. The summed E-state index contributed by atoms with van der Waals surface area (Å²) in [6.45, 7) is 3.65. The molecule has 11 heteroatoms. The summed E-state index contributed by atoms with van der Waals surface area (Å²) in [5.41, 5.74) is -0.340. The van der Waals surface area contributed by atoms with Gasteiger partial charge in [0.2, 0.25) is 0 Å². The summed E-state index contributed by atoms with van der Waals surface area (Å²) in [5, 5.41) is 13.3. The first-order chi connectivity index (χ1) is 14.7. The summed E-state index contributed by atoms with van der Waals surface area (Å²) in [4.78, 5) is 48.5. The molecule has 1 saturated heterocycles. The lowest BCUT2D eigenvalue weighted by molar-refractivity contribution is -0.384. The highest BCUT2D eigenvalue weighted by atomic mass is 35.5. The molecule has 0 atom stereocenters. The highest BCUT2D eigenvalue weighted by molar-refractivity contribution is 6.40. The van der Waals surface area contributed by atoms with Crippen LogP contribution in [0.5, 0.6) is 5.75 Å². The predicted octanol–water partition coefficient (Wildman–Crippen LogP) is 4.13. The number of rotatable bonds is 6. The number of hydrogen-bond donors (Lipinski definition) is 1. The molecule has 2 aromatic rings. The van der Waals surface area contributed by atoms with Crippen LogP contribution in [0.1, 0.15) is 5.56 Å². The van der Waals surface area contributed by atoms with Crippen LogP contribution in [0.3, 0.4) is 0 Å². The van der Waals surface area contributed by atoms with Crippen molar-refractivity contribution in [3.63, 3.8) is 0 Å². The van der Waals surface area contributed by atoms with Crippen LogP contribution < -0.4 is 15.0 Å². The van der Waals surface area contributed by atoms with Crippen molar-refractivity contribution < 1.29 is 24.0 Å². The maximum absolute atomic E-state index is 13.0. The maximum atomic E-state index is 13.0. The van der Waals surface area contributed by atoms with Crippen molar-refractivity contribution in [3.8, 4) is 5.75 Å². The molecule has 1 aliphatic rings. The summed E-state index contributed by atoms with van der Waals surface area (Å²) in [7, 11) is 0. The van der Waals surface area contributed by atoms with Crippen molar-refractivity contribution in [2.75, 3.05) is 11.5 Å². The zero-order valence-corrected chi connectivity index (χ0v) is 17.1. The van der Waals surface area contributed by atoms with Gasteiger partial charge in [-0.3, -0.25) is 25.0 Å². The molecule has 0 aliphatic carbocycles. The van der Waals surface area contributed by atoms with Gasteiger partial charge in [-0.1, -0.05) is 35.9 Å². The third-order valence-electron chi connectivity index (χ3n) is 4.10. The smallest absolute Gasteiger partial charge is 0.335 e. The summed E-state index contributed by atoms with van der Waals surface area (Å²) in [5.74, 6) is -1.70. The number of anilines is 1. The summed E-state index contributed by atoms with van der Waals surface area (Å²) in [6.07, 6.45) is 2.67. The van der Waals surface area contributed by atoms with Crippen molar-refractivity contribution in [1.29, 1.82) is 0 Å². The van der Waals surface area contributed by atoms with Crippen LogP contribution in [-0.4, -0.2) is 29.4 Å². The molecule has 0 spiro atoms. The number of halogens is 2. The van der Waals surface area contributed by atoms with Gasteiger partial charge in [0.1, 0.15) is 17.9 Å². The molecule has 3 rings (SSSR count). The van der Waals surface area contributed by atoms with Crippen LogP contribution in [0.15, 0.2) is 54.6 Å². The number of barbiturate groups is 1. The lowest BCUT2D eigenvalue weighted by atomic mass is 10.1. The van der Waals surface area contributed by atoms with Crippen LogP contribution >= 0.6 is 23.2 Å². The van der Waals surface area contributed by atoms with Crippen LogP contribution in [0.2, 0.25) is 10.0 Å². The molecule has 1 heterocycles. The van der Waals surface area contributed by atoms with Gasteiger partial charge in [0.15, 0.2) is 0 Å². The number of nitrogens with zero attached hydrogens (tertiary/aromatic N) is 2. The number of amides is 4. The molecule has 9 nitrogen and oxygen atoms in total. The predicted molar refractivity (Wildman–Crippen MR) is 114 cm³/mol. The first-order valence-corrected chi connectivity index (χ1v) is 9.37. The number of imide groups is 2. The number of carbonyl (C=O) groups is 3. The normalized spacial score (nSPS) is 15.1. The van der Waals surface area contributed by atoms with E-state index in [0.717, 1.165) is 12.1 Å². The highest BCUT2D eigenvalue weighted by Gasteiger charge is 2.37. The molecule has 2 aromatic carbocycles. The Bertz CT molecular complexity index is 1140. The van der Waals surface area contributed by atoms with Crippen LogP contribution in [-0.2, 0) is 9.59 Å². The van der Waals surface area contributed by atoms with Gasteiger partial charge in [-0.15, -0.1) is 0 Å². The van der Waals surface area contributed by atoms with E-state index in [4.69, 9.17) is 27.9 Å². The fraction of sp³-hybridized carbons (Fsp3) is 0.0500. The van der Waals surface area contributed by atoms with E-state index in [1.165, 1.54) is 36.4 Å². The number of non-ortho nitro benzene ring substituents is 1. The van der Waals surface area contributed by atoms with E-state index in [1.54, 1.807) is 0 Å². The second kappa shape index (κ2) is 8.99. The van der Waals surface area contributed by atoms with Gasteiger partial charge in [-0.05, 0) is 30.3 Å². The standard InChI is InChI=1S/C20H13Cl2N3O6/c1-2-7-31-17-11(8-12(21)10-16(17)22)9-15-18(26)23-20(28)24(19(15)27)13-3-5-14(6-4-13)25(29)30/h2-6,8-10H,1,7H2,(H,23,26,28)/b15-9+. The monoisotopic (exact) mass is 461 g/mol. The zero-order valence-electron chi connectivity index (χ0n) is 15.6. The van der Waals surface area contributed by atoms with Crippen molar-refractivity contribution >= 4 is 58.5 Å². The summed E-state index contributed by atoms with van der Waals surface area (Å²) < 4.78 is 5.51. The topological polar surface area (TPSA) is 119 Å². The summed E-state index contributed by atoms with van der Waals surface area (Å²) >= 11 is 12.2. The molecule has 0 aromatic heterocycles. The average Bonchev–Trinajstić information content (AvgIpc) is 2.70. The summed E-state index contributed by atoms with van der Waals surface area (Å²) in [6, 6.07) is 6.58. The van der Waals surface area contributed by atoms with E-state index in [1.807, 2.05) is 0 Å². The highest BCUT2D eigenvalue weighted by Crippen LogP contribution is 2.35. The van der Waals surface area contributed by atoms with Gasteiger partial charge in [0.25, 0.3) is 17.5 Å². The second-order valence-electron chi connectivity index (χ2n) is 6.14. The quantitative estimate of drug-likeness (QED) is 0.227. The fourth-order valence-electron chi connectivity index (χ4n) is 2.75. The minimum absolute atomic E-state index is 0.0405. The zero-order chi connectivity index (χ0) is 22.7. The lowest BCUT2D eigenvalue weighted by Gasteiger charge is -2.26. The van der Waals surface area contributed by atoms with Crippen molar-refractivity contribution in [3.05, 3.63) is 80.3 Å². The molecular weight excluding hydrogens is 449 g/mol.